The second-order valence-electron chi connectivity index (χ2n) is 4.27. The van der Waals surface area contributed by atoms with Gasteiger partial charge in [0.2, 0.25) is 5.91 Å². The van der Waals surface area contributed by atoms with Crippen LogP contribution in [-0.2, 0) is 11.3 Å². The predicted molar refractivity (Wildman–Crippen MR) is 69.4 cm³/mol. The number of anilines is 1. The molecule has 110 valence electrons. The van der Waals surface area contributed by atoms with Crippen LogP contribution in [0.15, 0.2) is 30.5 Å². The molecule has 0 saturated carbocycles. The molecule has 0 bridgehead atoms. The normalized spacial score (nSPS) is 10.4. The van der Waals surface area contributed by atoms with Crippen LogP contribution in [0.5, 0.6) is 0 Å². The summed E-state index contributed by atoms with van der Waals surface area (Å²) in [4.78, 5) is 22.4. The van der Waals surface area contributed by atoms with Gasteiger partial charge in [-0.15, -0.1) is 0 Å². The van der Waals surface area contributed by atoms with Gasteiger partial charge in [0.25, 0.3) is 0 Å². The Bertz CT molecular complexity index is 683. The van der Waals surface area contributed by atoms with E-state index in [0.29, 0.717) is 12.0 Å². The minimum Gasteiger partial charge on any atom is -0.345 e. The monoisotopic (exact) mass is 296 g/mol. The molecule has 0 atom stereocenters. The number of hydrogen-bond donors (Lipinski definition) is 1. The molecule has 1 heterocycles. The van der Waals surface area contributed by atoms with E-state index < -0.39 is 29.0 Å². The van der Waals surface area contributed by atoms with E-state index in [1.54, 1.807) is 22.9 Å². The van der Waals surface area contributed by atoms with Crippen LogP contribution >= 0.6 is 0 Å². The minimum atomic E-state index is -1.64. The summed E-state index contributed by atoms with van der Waals surface area (Å²) in [5, 5.41) is 2.16. The van der Waals surface area contributed by atoms with E-state index in [2.05, 4.69) is 5.32 Å². The number of aldehydes is 1. The van der Waals surface area contributed by atoms with Crippen LogP contribution in [0, 0.1) is 17.5 Å². The lowest BCUT2D eigenvalue weighted by Crippen LogP contribution is -2.16. The zero-order valence-corrected chi connectivity index (χ0v) is 10.8. The van der Waals surface area contributed by atoms with Gasteiger partial charge in [-0.1, -0.05) is 0 Å². The number of aromatic nitrogens is 1. The Labute approximate surface area is 118 Å². The van der Waals surface area contributed by atoms with Gasteiger partial charge >= 0.3 is 0 Å². The molecule has 0 saturated heterocycles. The average Bonchev–Trinajstić information content (AvgIpc) is 2.93. The van der Waals surface area contributed by atoms with E-state index >= 15 is 0 Å². The second-order valence-corrected chi connectivity index (χ2v) is 4.27. The number of nitrogens with zero attached hydrogens (tertiary/aromatic N) is 1. The molecule has 1 aromatic heterocycles. The molecule has 4 nitrogen and oxygen atoms in total. The molecule has 0 aliphatic heterocycles. The molecular formula is C14H11F3N2O2. The first-order valence-electron chi connectivity index (χ1n) is 6.06. The molecule has 0 unspecified atom stereocenters. The molecule has 2 aromatic rings. The highest BCUT2D eigenvalue weighted by molar-refractivity contribution is 5.90. The van der Waals surface area contributed by atoms with Gasteiger partial charge in [-0.05, 0) is 24.3 Å². The Morgan fingerprint density at radius 1 is 1.19 bits per heavy atom. The van der Waals surface area contributed by atoms with Crippen molar-refractivity contribution in [3.63, 3.8) is 0 Å². The first-order chi connectivity index (χ1) is 10.0. The standard InChI is InChI=1S/C14H11F3N2O2/c15-10-3-4-11(14(17)13(10)16)18-12(21)5-7-19-6-1-2-9(19)8-20/h1-4,6,8H,5,7H2,(H,18,21). The van der Waals surface area contributed by atoms with Crippen LogP contribution in [-0.4, -0.2) is 16.8 Å². The first-order valence-corrected chi connectivity index (χ1v) is 6.06. The maximum atomic E-state index is 13.4. The zero-order chi connectivity index (χ0) is 15.4. The quantitative estimate of drug-likeness (QED) is 0.681. The van der Waals surface area contributed by atoms with Crippen molar-refractivity contribution in [1.29, 1.82) is 0 Å². The van der Waals surface area contributed by atoms with E-state index in [0.717, 1.165) is 12.1 Å². The maximum absolute atomic E-state index is 13.4. The van der Waals surface area contributed by atoms with Crippen LogP contribution in [0.25, 0.3) is 0 Å². The third-order valence-corrected chi connectivity index (χ3v) is 2.87. The largest absolute Gasteiger partial charge is 0.345 e. The number of halogens is 3. The summed E-state index contributed by atoms with van der Waals surface area (Å²) in [6, 6.07) is 4.90. The highest BCUT2D eigenvalue weighted by Crippen LogP contribution is 2.19. The molecule has 7 heteroatoms. The van der Waals surface area contributed by atoms with Crippen molar-refractivity contribution in [3.05, 3.63) is 53.6 Å². The highest BCUT2D eigenvalue weighted by Gasteiger charge is 2.15. The van der Waals surface area contributed by atoms with Gasteiger partial charge in [-0.2, -0.15) is 0 Å². The fourth-order valence-corrected chi connectivity index (χ4v) is 1.80. The predicted octanol–water partition coefficient (Wildman–Crippen LogP) is 2.75. The van der Waals surface area contributed by atoms with Crippen molar-refractivity contribution in [1.82, 2.24) is 4.57 Å². The van der Waals surface area contributed by atoms with Gasteiger partial charge in [0.15, 0.2) is 23.7 Å². The summed E-state index contributed by atoms with van der Waals surface area (Å²) in [7, 11) is 0. The maximum Gasteiger partial charge on any atom is 0.226 e. The Morgan fingerprint density at radius 2 is 1.95 bits per heavy atom. The third-order valence-electron chi connectivity index (χ3n) is 2.87. The van der Waals surface area contributed by atoms with Gasteiger partial charge in [-0.25, -0.2) is 13.2 Å². The minimum absolute atomic E-state index is 0.0477. The van der Waals surface area contributed by atoms with E-state index in [-0.39, 0.29) is 13.0 Å². The number of nitrogens with one attached hydrogen (secondary N) is 1. The van der Waals surface area contributed by atoms with Crippen molar-refractivity contribution < 1.29 is 22.8 Å². The molecule has 0 fully saturated rings. The van der Waals surface area contributed by atoms with E-state index in [1.165, 1.54) is 0 Å². The highest BCUT2D eigenvalue weighted by atomic mass is 19.2. The lowest BCUT2D eigenvalue weighted by Gasteiger charge is -2.08. The van der Waals surface area contributed by atoms with Gasteiger partial charge in [-0.3, -0.25) is 9.59 Å². The fourth-order valence-electron chi connectivity index (χ4n) is 1.80. The summed E-state index contributed by atoms with van der Waals surface area (Å²) < 4.78 is 40.7. The molecule has 1 amide bonds. The van der Waals surface area contributed by atoms with Crippen LogP contribution in [0.4, 0.5) is 18.9 Å². The molecule has 1 N–H and O–H groups in total. The number of aryl methyl sites for hydroxylation is 1. The number of hydrogen-bond acceptors (Lipinski definition) is 2. The molecule has 0 aliphatic carbocycles. The number of benzene rings is 1. The van der Waals surface area contributed by atoms with Crippen LogP contribution in [0.2, 0.25) is 0 Å². The Balaban J connectivity index is 1.99. The van der Waals surface area contributed by atoms with Gasteiger partial charge in [0.1, 0.15) is 0 Å². The Morgan fingerprint density at radius 3 is 2.67 bits per heavy atom. The Kier molecular flexibility index (Phi) is 4.42. The molecule has 0 radical (unpaired) electrons. The Hall–Kier alpha value is -2.57. The van der Waals surface area contributed by atoms with E-state index in [4.69, 9.17) is 0 Å². The van der Waals surface area contributed by atoms with Crippen molar-refractivity contribution in [2.75, 3.05) is 5.32 Å². The van der Waals surface area contributed by atoms with Crippen molar-refractivity contribution in [2.24, 2.45) is 0 Å². The average molecular weight is 296 g/mol. The number of carbonyl (C=O) groups is 2. The number of amides is 1. The molecule has 1 aromatic carbocycles. The lowest BCUT2D eigenvalue weighted by molar-refractivity contribution is -0.116. The number of carbonyl (C=O) groups excluding carboxylic acids is 2. The third kappa shape index (κ3) is 3.31. The fraction of sp³-hybridized carbons (Fsp3) is 0.143. The van der Waals surface area contributed by atoms with Crippen molar-refractivity contribution in [2.45, 2.75) is 13.0 Å². The molecular weight excluding hydrogens is 285 g/mol. The van der Waals surface area contributed by atoms with Crippen LogP contribution < -0.4 is 5.32 Å². The van der Waals surface area contributed by atoms with E-state index in [9.17, 15) is 22.8 Å². The van der Waals surface area contributed by atoms with Crippen molar-refractivity contribution >= 4 is 17.9 Å². The van der Waals surface area contributed by atoms with Crippen LogP contribution in [0.1, 0.15) is 16.9 Å². The topological polar surface area (TPSA) is 51.1 Å². The smallest absolute Gasteiger partial charge is 0.226 e. The first kappa shape index (κ1) is 14.8. The van der Waals surface area contributed by atoms with Gasteiger partial charge in [0, 0.05) is 19.2 Å². The van der Waals surface area contributed by atoms with Crippen molar-refractivity contribution in [3.8, 4) is 0 Å². The summed E-state index contributed by atoms with van der Waals surface area (Å²) in [5.41, 5.74) is -0.0242. The second kappa shape index (κ2) is 6.25. The molecule has 0 spiro atoms. The summed E-state index contributed by atoms with van der Waals surface area (Å²) in [6.07, 6.45) is 2.22. The summed E-state index contributed by atoms with van der Waals surface area (Å²) >= 11 is 0. The number of rotatable bonds is 5. The zero-order valence-electron chi connectivity index (χ0n) is 10.8. The summed E-state index contributed by atoms with van der Waals surface area (Å²) in [5.74, 6) is -4.99. The van der Waals surface area contributed by atoms with Gasteiger partial charge < -0.3 is 9.88 Å². The molecule has 21 heavy (non-hydrogen) atoms. The lowest BCUT2D eigenvalue weighted by atomic mass is 10.2. The van der Waals surface area contributed by atoms with E-state index in [1.807, 2.05) is 0 Å². The summed E-state index contributed by atoms with van der Waals surface area (Å²) in [6.45, 7) is 0.207. The molecule has 2 rings (SSSR count). The van der Waals surface area contributed by atoms with Crippen LogP contribution in [0.3, 0.4) is 0 Å². The SMILES string of the molecule is O=Cc1cccn1CCC(=O)Nc1ccc(F)c(F)c1F. The van der Waals surface area contributed by atoms with Gasteiger partial charge in [0.05, 0.1) is 11.4 Å². The molecule has 0 aliphatic rings.